The fourth-order valence-electron chi connectivity index (χ4n) is 1.21. The van der Waals surface area contributed by atoms with Crippen LogP contribution in [-0.4, -0.2) is 22.8 Å². The second-order valence-corrected chi connectivity index (χ2v) is 4.78. The van der Waals surface area contributed by atoms with Crippen molar-refractivity contribution in [3.8, 4) is 0 Å². The van der Waals surface area contributed by atoms with Crippen LogP contribution < -0.4 is 5.32 Å². The summed E-state index contributed by atoms with van der Waals surface area (Å²) in [5, 5.41) is 2.76. The number of carbonyl (C=O) groups excluding carboxylic acids is 1. The maximum absolute atomic E-state index is 11.7. The molecule has 1 N–H and O–H groups in total. The molecule has 0 radical (unpaired) electrons. The number of halogens is 1. The van der Waals surface area contributed by atoms with Crippen LogP contribution in [0.4, 0.5) is 0 Å². The van der Waals surface area contributed by atoms with E-state index >= 15 is 0 Å². The number of amides is 1. The molecule has 1 aromatic rings. The number of pyridine rings is 1. The highest BCUT2D eigenvalue weighted by molar-refractivity contribution is 6.21. The van der Waals surface area contributed by atoms with E-state index in [9.17, 15) is 4.79 Å². The fraction of sp³-hybridized carbons (Fsp3) is 0.500. The molecule has 88 valence electrons. The third-order valence-corrected chi connectivity index (χ3v) is 2.98. The Balaban J connectivity index is 2.53. The molecule has 0 spiro atoms. The molecule has 0 aliphatic rings. The predicted octanol–water partition coefficient (Wildman–Crippen LogP) is 2.38. The molecule has 1 rings (SSSR count). The summed E-state index contributed by atoms with van der Waals surface area (Å²) in [5.41, 5.74) is 1.55. The van der Waals surface area contributed by atoms with Gasteiger partial charge < -0.3 is 5.32 Å². The van der Waals surface area contributed by atoms with Crippen molar-refractivity contribution in [1.29, 1.82) is 0 Å². The summed E-state index contributed by atoms with van der Waals surface area (Å²) in [6, 6.07) is 1.81. The number of aryl methyl sites for hydroxylation is 1. The first-order valence-corrected chi connectivity index (χ1v) is 5.78. The van der Waals surface area contributed by atoms with E-state index in [4.69, 9.17) is 11.6 Å². The molecule has 0 fully saturated rings. The Morgan fingerprint density at radius 3 is 2.75 bits per heavy atom. The third kappa shape index (κ3) is 3.81. The first kappa shape index (κ1) is 13.0. The van der Waals surface area contributed by atoms with E-state index in [2.05, 4.69) is 10.3 Å². The van der Waals surface area contributed by atoms with Crippen LogP contribution >= 0.6 is 11.6 Å². The summed E-state index contributed by atoms with van der Waals surface area (Å²) >= 11 is 6.05. The van der Waals surface area contributed by atoms with Gasteiger partial charge in [-0.25, -0.2) is 0 Å². The van der Waals surface area contributed by atoms with Crippen LogP contribution in [0.5, 0.6) is 0 Å². The minimum Gasteiger partial charge on any atom is -0.350 e. The van der Waals surface area contributed by atoms with Crippen LogP contribution in [0.25, 0.3) is 0 Å². The lowest BCUT2D eigenvalue weighted by molar-refractivity contribution is 0.0952. The van der Waals surface area contributed by atoms with Gasteiger partial charge in [0.15, 0.2) is 0 Å². The highest BCUT2D eigenvalue weighted by atomic mass is 35.5. The molecule has 1 unspecified atom stereocenters. The molecule has 0 saturated heterocycles. The van der Waals surface area contributed by atoms with Crippen molar-refractivity contribution in [3.05, 3.63) is 29.6 Å². The van der Waals surface area contributed by atoms with Crippen molar-refractivity contribution in [2.24, 2.45) is 5.92 Å². The van der Waals surface area contributed by atoms with E-state index in [0.717, 1.165) is 5.56 Å². The molecule has 1 aromatic heterocycles. The molecule has 0 bridgehead atoms. The molecule has 1 atom stereocenters. The fourth-order valence-corrected chi connectivity index (χ4v) is 1.28. The standard InChI is InChI=1S/C12H17ClN2O/c1-8(2)11(13)7-15-12(16)10-4-9(3)5-14-6-10/h4-6,8,11H,7H2,1-3H3,(H,15,16). The van der Waals surface area contributed by atoms with Crippen LogP contribution in [0.1, 0.15) is 29.8 Å². The molecule has 4 heteroatoms. The van der Waals surface area contributed by atoms with Gasteiger partial charge in [-0.2, -0.15) is 0 Å². The maximum atomic E-state index is 11.7. The van der Waals surface area contributed by atoms with Gasteiger partial charge in [0, 0.05) is 18.9 Å². The van der Waals surface area contributed by atoms with Crippen molar-refractivity contribution >= 4 is 17.5 Å². The van der Waals surface area contributed by atoms with Crippen LogP contribution in [0.15, 0.2) is 18.5 Å². The monoisotopic (exact) mass is 240 g/mol. The number of alkyl halides is 1. The van der Waals surface area contributed by atoms with Gasteiger partial charge in [0.2, 0.25) is 0 Å². The average molecular weight is 241 g/mol. The maximum Gasteiger partial charge on any atom is 0.252 e. The number of nitrogens with zero attached hydrogens (tertiary/aromatic N) is 1. The molecule has 0 aliphatic heterocycles. The SMILES string of the molecule is Cc1cncc(C(=O)NCC(Cl)C(C)C)c1. The van der Waals surface area contributed by atoms with Gasteiger partial charge in [-0.05, 0) is 24.5 Å². The Hall–Kier alpha value is -1.09. The van der Waals surface area contributed by atoms with Crippen molar-refractivity contribution in [1.82, 2.24) is 10.3 Å². The minimum absolute atomic E-state index is 0.0401. The minimum atomic E-state index is -0.123. The van der Waals surface area contributed by atoms with E-state index in [-0.39, 0.29) is 11.3 Å². The Morgan fingerprint density at radius 2 is 2.19 bits per heavy atom. The topological polar surface area (TPSA) is 42.0 Å². The van der Waals surface area contributed by atoms with Crippen molar-refractivity contribution in [2.75, 3.05) is 6.54 Å². The number of nitrogens with one attached hydrogen (secondary N) is 1. The molecule has 0 aliphatic carbocycles. The van der Waals surface area contributed by atoms with Gasteiger partial charge in [-0.3, -0.25) is 9.78 Å². The van der Waals surface area contributed by atoms with Crippen LogP contribution in [0.3, 0.4) is 0 Å². The highest BCUT2D eigenvalue weighted by Crippen LogP contribution is 2.08. The van der Waals surface area contributed by atoms with Crippen LogP contribution in [0, 0.1) is 12.8 Å². The number of hydrogen-bond donors (Lipinski definition) is 1. The largest absolute Gasteiger partial charge is 0.350 e. The van der Waals surface area contributed by atoms with Crippen molar-refractivity contribution in [2.45, 2.75) is 26.1 Å². The summed E-state index contributed by atoms with van der Waals surface area (Å²) in [4.78, 5) is 15.7. The first-order chi connectivity index (χ1) is 7.50. The smallest absolute Gasteiger partial charge is 0.252 e. The molecule has 0 aromatic carbocycles. The molecular formula is C12H17ClN2O. The zero-order valence-corrected chi connectivity index (χ0v) is 10.6. The average Bonchev–Trinajstić information content (AvgIpc) is 2.25. The summed E-state index contributed by atoms with van der Waals surface area (Å²) in [6.07, 6.45) is 3.27. The van der Waals surface area contributed by atoms with E-state index in [0.29, 0.717) is 18.0 Å². The highest BCUT2D eigenvalue weighted by Gasteiger charge is 2.12. The predicted molar refractivity (Wildman–Crippen MR) is 65.8 cm³/mol. The molecule has 0 saturated carbocycles. The Morgan fingerprint density at radius 1 is 1.50 bits per heavy atom. The number of carbonyl (C=O) groups is 1. The lowest BCUT2D eigenvalue weighted by atomic mass is 10.1. The Kier molecular flexibility index (Phi) is 4.74. The molecule has 1 heterocycles. The van der Waals surface area contributed by atoms with Gasteiger partial charge in [-0.15, -0.1) is 11.6 Å². The van der Waals surface area contributed by atoms with Gasteiger partial charge in [0.05, 0.1) is 10.9 Å². The van der Waals surface area contributed by atoms with Crippen molar-refractivity contribution in [3.63, 3.8) is 0 Å². The molecule has 3 nitrogen and oxygen atoms in total. The van der Waals surface area contributed by atoms with E-state index < -0.39 is 0 Å². The second kappa shape index (κ2) is 5.85. The molecule has 1 amide bonds. The van der Waals surface area contributed by atoms with Gasteiger partial charge >= 0.3 is 0 Å². The van der Waals surface area contributed by atoms with E-state index in [1.807, 2.05) is 20.8 Å². The molecule has 16 heavy (non-hydrogen) atoms. The summed E-state index contributed by atoms with van der Waals surface area (Å²) in [5.74, 6) is 0.222. The summed E-state index contributed by atoms with van der Waals surface area (Å²) in [7, 11) is 0. The number of hydrogen-bond acceptors (Lipinski definition) is 2. The lowest BCUT2D eigenvalue weighted by Gasteiger charge is -2.13. The first-order valence-electron chi connectivity index (χ1n) is 5.34. The third-order valence-electron chi connectivity index (χ3n) is 2.32. The lowest BCUT2D eigenvalue weighted by Crippen LogP contribution is -2.32. The van der Waals surface area contributed by atoms with E-state index in [1.54, 1.807) is 18.5 Å². The van der Waals surface area contributed by atoms with Crippen LogP contribution in [0.2, 0.25) is 0 Å². The summed E-state index contributed by atoms with van der Waals surface area (Å²) < 4.78 is 0. The number of aromatic nitrogens is 1. The quantitative estimate of drug-likeness (QED) is 0.822. The molecular weight excluding hydrogens is 224 g/mol. The second-order valence-electron chi connectivity index (χ2n) is 4.22. The normalized spacial score (nSPS) is 12.6. The van der Waals surface area contributed by atoms with Crippen LogP contribution in [-0.2, 0) is 0 Å². The van der Waals surface area contributed by atoms with E-state index in [1.165, 1.54) is 0 Å². The zero-order chi connectivity index (χ0) is 12.1. The Labute approximate surface area is 101 Å². The van der Waals surface area contributed by atoms with Gasteiger partial charge in [-0.1, -0.05) is 13.8 Å². The van der Waals surface area contributed by atoms with Crippen molar-refractivity contribution < 1.29 is 4.79 Å². The number of rotatable bonds is 4. The van der Waals surface area contributed by atoms with Gasteiger partial charge in [0.25, 0.3) is 5.91 Å². The summed E-state index contributed by atoms with van der Waals surface area (Å²) in [6.45, 7) is 6.43. The Bertz CT molecular complexity index is 366. The zero-order valence-electron chi connectivity index (χ0n) is 9.83. The van der Waals surface area contributed by atoms with Gasteiger partial charge in [0.1, 0.15) is 0 Å².